The molecule has 0 saturated heterocycles. The van der Waals surface area contributed by atoms with Crippen LogP contribution in [0.25, 0.3) is 11.3 Å². The Morgan fingerprint density at radius 1 is 1.32 bits per heavy atom. The fourth-order valence-corrected chi connectivity index (χ4v) is 1.55. The van der Waals surface area contributed by atoms with Gasteiger partial charge in [0.2, 0.25) is 0 Å². The van der Waals surface area contributed by atoms with Crippen molar-refractivity contribution in [3.8, 4) is 11.3 Å². The number of hydrogen-bond donors (Lipinski definition) is 1. The Morgan fingerprint density at radius 3 is 2.53 bits per heavy atom. The number of carbonyl (C=O) groups is 1. The summed E-state index contributed by atoms with van der Waals surface area (Å²) in [6, 6.07) is 3.42. The molecule has 0 spiro atoms. The number of halogens is 2. The highest BCUT2D eigenvalue weighted by molar-refractivity contribution is 5.86. The summed E-state index contributed by atoms with van der Waals surface area (Å²) < 4.78 is 31.8. The zero-order valence-corrected chi connectivity index (χ0v) is 10.1. The Balaban J connectivity index is 2.53. The fraction of sp³-hybridized carbons (Fsp3) is 0.167. The molecule has 0 radical (unpaired) electrons. The molecule has 1 N–H and O–H groups in total. The van der Waals surface area contributed by atoms with Crippen LogP contribution in [0.1, 0.15) is 10.5 Å². The molecular weight excluding hydrogens is 258 g/mol. The maximum atomic E-state index is 13.5. The van der Waals surface area contributed by atoms with Crippen LogP contribution in [0.15, 0.2) is 22.7 Å². The van der Waals surface area contributed by atoms with Crippen molar-refractivity contribution < 1.29 is 23.2 Å². The molecule has 5 nitrogen and oxygen atoms in total. The van der Waals surface area contributed by atoms with Crippen LogP contribution < -0.4 is 4.90 Å². The van der Waals surface area contributed by atoms with Crippen LogP contribution in [0.4, 0.5) is 14.5 Å². The minimum Gasteiger partial charge on any atom is -0.476 e. The van der Waals surface area contributed by atoms with Crippen molar-refractivity contribution in [3.05, 3.63) is 35.5 Å². The Kier molecular flexibility index (Phi) is 3.20. The summed E-state index contributed by atoms with van der Waals surface area (Å²) in [5.74, 6) is -3.23. The van der Waals surface area contributed by atoms with Crippen molar-refractivity contribution in [2.45, 2.75) is 0 Å². The van der Waals surface area contributed by atoms with Crippen molar-refractivity contribution in [2.75, 3.05) is 19.0 Å². The van der Waals surface area contributed by atoms with Crippen molar-refractivity contribution in [1.82, 2.24) is 5.16 Å². The highest BCUT2D eigenvalue weighted by Gasteiger charge is 2.17. The number of carboxylic acid groups (broad SMARTS) is 1. The third-order valence-electron chi connectivity index (χ3n) is 2.50. The van der Waals surface area contributed by atoms with Crippen LogP contribution in [0.5, 0.6) is 0 Å². The molecule has 0 aliphatic rings. The van der Waals surface area contributed by atoms with Gasteiger partial charge in [-0.3, -0.25) is 0 Å². The molecule has 0 atom stereocenters. The molecule has 0 bridgehead atoms. The quantitative estimate of drug-likeness (QED) is 0.925. The molecule has 0 unspecified atom stereocenters. The highest BCUT2D eigenvalue weighted by atomic mass is 19.2. The van der Waals surface area contributed by atoms with E-state index >= 15 is 0 Å². The second-order valence-electron chi connectivity index (χ2n) is 4.07. The van der Waals surface area contributed by atoms with E-state index in [0.29, 0.717) is 0 Å². The molecular formula is C12H10F2N2O3. The van der Waals surface area contributed by atoms with Crippen LogP contribution in [-0.2, 0) is 0 Å². The Labute approximate surface area is 107 Å². The summed E-state index contributed by atoms with van der Waals surface area (Å²) in [4.78, 5) is 12.1. The van der Waals surface area contributed by atoms with E-state index in [-0.39, 0.29) is 22.7 Å². The lowest BCUT2D eigenvalue weighted by atomic mass is 10.1. The second kappa shape index (κ2) is 4.68. The van der Waals surface area contributed by atoms with Gasteiger partial charge < -0.3 is 14.5 Å². The molecule has 1 aromatic heterocycles. The maximum Gasteiger partial charge on any atom is 0.358 e. The average molecular weight is 268 g/mol. The van der Waals surface area contributed by atoms with E-state index in [1.54, 1.807) is 14.1 Å². The molecule has 2 aromatic rings. The lowest BCUT2D eigenvalue weighted by Gasteiger charge is -2.14. The monoisotopic (exact) mass is 268 g/mol. The summed E-state index contributed by atoms with van der Waals surface area (Å²) in [5, 5.41) is 12.0. The standard InChI is InChI=1S/C12H10F2N2O3/c1-16(2)9-4-6(3-7(13)11(9)14)10-5-8(12(17)18)15-19-10/h3-5H,1-2H3,(H,17,18). The normalized spacial score (nSPS) is 10.5. The molecule has 2 rings (SSSR count). The highest BCUT2D eigenvalue weighted by Crippen LogP contribution is 2.29. The topological polar surface area (TPSA) is 66.6 Å². The summed E-state index contributed by atoms with van der Waals surface area (Å²) in [6.07, 6.45) is 0. The predicted molar refractivity (Wildman–Crippen MR) is 63.1 cm³/mol. The zero-order chi connectivity index (χ0) is 14.2. The van der Waals surface area contributed by atoms with Gasteiger partial charge in [-0.05, 0) is 12.1 Å². The van der Waals surface area contributed by atoms with E-state index in [1.807, 2.05) is 0 Å². The molecule has 1 aromatic carbocycles. The van der Waals surface area contributed by atoms with Crippen LogP contribution in [0.3, 0.4) is 0 Å². The molecule has 19 heavy (non-hydrogen) atoms. The number of hydrogen-bond acceptors (Lipinski definition) is 4. The summed E-state index contributed by atoms with van der Waals surface area (Å²) in [5.41, 5.74) is -0.0583. The first-order valence-electron chi connectivity index (χ1n) is 5.27. The van der Waals surface area contributed by atoms with Gasteiger partial charge in [0, 0.05) is 25.7 Å². The van der Waals surface area contributed by atoms with Gasteiger partial charge in [-0.1, -0.05) is 5.16 Å². The van der Waals surface area contributed by atoms with Crippen molar-refractivity contribution >= 4 is 11.7 Å². The van der Waals surface area contributed by atoms with Crippen molar-refractivity contribution in [1.29, 1.82) is 0 Å². The first kappa shape index (κ1) is 13.0. The minimum absolute atomic E-state index is 0.0308. The Bertz CT molecular complexity index is 638. The van der Waals surface area contributed by atoms with Gasteiger partial charge >= 0.3 is 5.97 Å². The molecule has 100 valence electrons. The number of rotatable bonds is 3. The van der Waals surface area contributed by atoms with Crippen LogP contribution in [-0.4, -0.2) is 30.3 Å². The van der Waals surface area contributed by atoms with E-state index in [4.69, 9.17) is 9.63 Å². The van der Waals surface area contributed by atoms with Gasteiger partial charge in [0.15, 0.2) is 23.1 Å². The van der Waals surface area contributed by atoms with E-state index in [0.717, 1.165) is 12.1 Å². The van der Waals surface area contributed by atoms with Crippen LogP contribution in [0, 0.1) is 11.6 Å². The molecule has 1 heterocycles. The minimum atomic E-state index is -1.26. The first-order chi connectivity index (χ1) is 8.90. The number of benzene rings is 1. The largest absolute Gasteiger partial charge is 0.476 e. The SMILES string of the molecule is CN(C)c1cc(-c2cc(C(=O)O)no2)cc(F)c1F. The fourth-order valence-electron chi connectivity index (χ4n) is 1.55. The van der Waals surface area contributed by atoms with E-state index < -0.39 is 17.6 Å². The lowest BCUT2D eigenvalue weighted by molar-refractivity contribution is 0.0686. The van der Waals surface area contributed by atoms with Gasteiger partial charge in [0.25, 0.3) is 0 Å². The molecule has 0 fully saturated rings. The van der Waals surface area contributed by atoms with Gasteiger partial charge in [-0.2, -0.15) is 0 Å². The number of carboxylic acids is 1. The van der Waals surface area contributed by atoms with E-state index in [2.05, 4.69) is 5.16 Å². The van der Waals surface area contributed by atoms with Gasteiger partial charge in [0.1, 0.15) is 0 Å². The maximum absolute atomic E-state index is 13.5. The molecule has 0 aliphatic carbocycles. The van der Waals surface area contributed by atoms with Crippen molar-refractivity contribution in [2.24, 2.45) is 0 Å². The van der Waals surface area contributed by atoms with Crippen molar-refractivity contribution in [3.63, 3.8) is 0 Å². The van der Waals surface area contributed by atoms with Gasteiger partial charge in [-0.25, -0.2) is 13.6 Å². The molecule has 0 saturated carbocycles. The molecule has 0 amide bonds. The number of aromatic carboxylic acids is 1. The summed E-state index contributed by atoms with van der Waals surface area (Å²) in [6.45, 7) is 0. The lowest BCUT2D eigenvalue weighted by Crippen LogP contribution is -2.11. The smallest absolute Gasteiger partial charge is 0.358 e. The van der Waals surface area contributed by atoms with E-state index in [9.17, 15) is 13.6 Å². The summed E-state index contributed by atoms with van der Waals surface area (Å²) >= 11 is 0. The number of aromatic nitrogens is 1. The number of nitrogens with zero attached hydrogens (tertiary/aromatic N) is 2. The van der Waals surface area contributed by atoms with Crippen LogP contribution >= 0.6 is 0 Å². The first-order valence-corrected chi connectivity index (χ1v) is 5.27. The van der Waals surface area contributed by atoms with Gasteiger partial charge in [-0.15, -0.1) is 0 Å². The third-order valence-corrected chi connectivity index (χ3v) is 2.50. The Hall–Kier alpha value is -2.44. The zero-order valence-electron chi connectivity index (χ0n) is 10.1. The van der Waals surface area contributed by atoms with Gasteiger partial charge in [0.05, 0.1) is 5.69 Å². The third kappa shape index (κ3) is 2.40. The summed E-state index contributed by atoms with van der Waals surface area (Å²) in [7, 11) is 3.12. The molecule has 7 heteroatoms. The second-order valence-corrected chi connectivity index (χ2v) is 4.07. The molecule has 0 aliphatic heterocycles. The number of anilines is 1. The van der Waals surface area contributed by atoms with E-state index in [1.165, 1.54) is 11.0 Å². The van der Waals surface area contributed by atoms with Crippen LogP contribution in [0.2, 0.25) is 0 Å². The average Bonchev–Trinajstić information content (AvgIpc) is 2.81. The predicted octanol–water partition coefficient (Wildman–Crippen LogP) is 2.38. The Morgan fingerprint density at radius 2 is 2.00 bits per heavy atom.